The van der Waals surface area contributed by atoms with Gasteiger partial charge in [0.05, 0.1) is 6.20 Å². The van der Waals surface area contributed by atoms with Crippen LogP contribution in [0.2, 0.25) is 0 Å². The molecular weight excluding hydrogens is 329 g/mol. The lowest BCUT2D eigenvalue weighted by Crippen LogP contribution is -2.41. The van der Waals surface area contributed by atoms with E-state index >= 15 is 0 Å². The monoisotopic (exact) mass is 344 g/mol. The molecule has 0 fully saturated rings. The number of aromatic nitrogens is 2. The van der Waals surface area contributed by atoms with Crippen molar-refractivity contribution < 1.29 is 18.3 Å². The zero-order chi connectivity index (χ0) is 18.0. The third kappa shape index (κ3) is 2.00. The molecule has 0 amide bonds. The number of alkyl halides is 3. The summed E-state index contributed by atoms with van der Waals surface area (Å²) >= 11 is 0. The molecule has 4 rings (SSSR count). The van der Waals surface area contributed by atoms with E-state index in [1.165, 1.54) is 18.2 Å². The number of rotatable bonds is 1. The van der Waals surface area contributed by atoms with Crippen LogP contribution < -0.4 is 0 Å². The molecule has 128 valence electrons. The number of halogens is 3. The molecule has 25 heavy (non-hydrogen) atoms. The van der Waals surface area contributed by atoms with Gasteiger partial charge in [-0.15, -0.1) is 0 Å². The Morgan fingerprint density at radius 2 is 1.76 bits per heavy atom. The molecule has 0 saturated heterocycles. The topological polar surface area (TPSA) is 38.0 Å². The second kappa shape index (κ2) is 4.95. The molecular formula is C19H15F3N2O. The molecule has 1 aliphatic carbocycles. The first-order valence-corrected chi connectivity index (χ1v) is 7.77. The molecule has 0 radical (unpaired) electrons. The summed E-state index contributed by atoms with van der Waals surface area (Å²) in [5.41, 5.74) is -0.240. The van der Waals surface area contributed by atoms with E-state index in [-0.39, 0.29) is 11.1 Å². The predicted octanol–water partition coefficient (Wildman–Crippen LogP) is 4.17. The quantitative estimate of drug-likeness (QED) is 0.719. The minimum atomic E-state index is -4.82. The van der Waals surface area contributed by atoms with Crippen molar-refractivity contribution in [3.63, 3.8) is 0 Å². The Bertz CT molecular complexity index is 991. The Morgan fingerprint density at radius 3 is 2.40 bits per heavy atom. The van der Waals surface area contributed by atoms with Crippen LogP contribution in [0.4, 0.5) is 13.2 Å². The van der Waals surface area contributed by atoms with Crippen LogP contribution in [-0.4, -0.2) is 21.1 Å². The van der Waals surface area contributed by atoms with Gasteiger partial charge in [-0.1, -0.05) is 36.4 Å². The molecule has 0 spiro atoms. The third-order valence-corrected chi connectivity index (χ3v) is 4.79. The summed E-state index contributed by atoms with van der Waals surface area (Å²) in [5, 5.41) is 14.9. The molecule has 0 saturated carbocycles. The molecule has 0 bridgehead atoms. The van der Waals surface area contributed by atoms with Gasteiger partial charge in [0.2, 0.25) is 5.60 Å². The largest absolute Gasteiger partial charge is 0.425 e. The maximum atomic E-state index is 13.9. The number of benzene rings is 2. The molecule has 3 nitrogen and oxygen atoms in total. The molecule has 1 heterocycles. The van der Waals surface area contributed by atoms with Gasteiger partial charge < -0.3 is 5.11 Å². The van der Waals surface area contributed by atoms with Crippen molar-refractivity contribution in [2.24, 2.45) is 7.05 Å². The number of aryl methyl sites for hydroxylation is 2. The predicted molar refractivity (Wildman–Crippen MR) is 87.9 cm³/mol. The van der Waals surface area contributed by atoms with E-state index in [1.54, 1.807) is 42.3 Å². The fourth-order valence-electron chi connectivity index (χ4n) is 3.68. The minimum Gasteiger partial charge on any atom is -0.372 e. The molecule has 0 aliphatic heterocycles. The SMILES string of the molecule is Cc1ccc2c(c1-c1cnn(C)c1)-c1ccccc1C2(O)C(F)(F)F. The van der Waals surface area contributed by atoms with E-state index in [4.69, 9.17) is 0 Å². The maximum absolute atomic E-state index is 13.9. The number of aliphatic hydroxyl groups is 1. The van der Waals surface area contributed by atoms with Gasteiger partial charge in [-0.2, -0.15) is 18.3 Å². The summed E-state index contributed by atoms with van der Waals surface area (Å²) in [6, 6.07) is 9.14. The zero-order valence-electron chi connectivity index (χ0n) is 13.6. The molecule has 1 aromatic heterocycles. The summed E-state index contributed by atoms with van der Waals surface area (Å²) in [6.07, 6.45) is -1.44. The zero-order valence-corrected chi connectivity index (χ0v) is 13.6. The smallest absolute Gasteiger partial charge is 0.372 e. The van der Waals surface area contributed by atoms with Gasteiger partial charge in [0.15, 0.2) is 0 Å². The van der Waals surface area contributed by atoms with Crippen LogP contribution in [0, 0.1) is 6.92 Å². The number of fused-ring (bicyclic) bond motifs is 3. The highest BCUT2D eigenvalue weighted by atomic mass is 19.4. The molecule has 1 atom stereocenters. The average Bonchev–Trinajstić information content (AvgIpc) is 3.09. The van der Waals surface area contributed by atoms with Crippen molar-refractivity contribution in [1.82, 2.24) is 9.78 Å². The number of hydrogen-bond acceptors (Lipinski definition) is 2. The van der Waals surface area contributed by atoms with Crippen LogP contribution in [0.5, 0.6) is 0 Å². The van der Waals surface area contributed by atoms with Crippen molar-refractivity contribution in [3.8, 4) is 22.3 Å². The first-order chi connectivity index (χ1) is 11.7. The van der Waals surface area contributed by atoms with Gasteiger partial charge in [0.1, 0.15) is 0 Å². The van der Waals surface area contributed by atoms with Crippen molar-refractivity contribution in [2.45, 2.75) is 18.7 Å². The van der Waals surface area contributed by atoms with Gasteiger partial charge >= 0.3 is 6.18 Å². The van der Waals surface area contributed by atoms with E-state index in [0.29, 0.717) is 16.7 Å². The lowest BCUT2D eigenvalue weighted by atomic mass is 9.88. The standard InChI is InChI=1S/C19H15F3N2O/c1-11-7-8-15-17(16(11)12-9-23-24(2)10-12)13-5-3-4-6-14(13)18(15,25)19(20,21)22/h3-10,25H,1-2H3. The van der Waals surface area contributed by atoms with E-state index in [9.17, 15) is 18.3 Å². The Balaban J connectivity index is 2.14. The molecule has 1 N–H and O–H groups in total. The summed E-state index contributed by atoms with van der Waals surface area (Å²) in [5.74, 6) is 0. The van der Waals surface area contributed by atoms with Crippen LogP contribution in [0.25, 0.3) is 22.3 Å². The fourth-order valence-corrected chi connectivity index (χ4v) is 3.68. The van der Waals surface area contributed by atoms with Crippen molar-refractivity contribution in [2.75, 3.05) is 0 Å². The average molecular weight is 344 g/mol. The van der Waals surface area contributed by atoms with Gasteiger partial charge in [-0.25, -0.2) is 0 Å². The first kappa shape index (κ1) is 15.9. The van der Waals surface area contributed by atoms with Crippen LogP contribution in [-0.2, 0) is 12.6 Å². The van der Waals surface area contributed by atoms with Gasteiger partial charge in [-0.05, 0) is 29.2 Å². The van der Waals surface area contributed by atoms with Crippen LogP contribution in [0.3, 0.4) is 0 Å². The summed E-state index contributed by atoms with van der Waals surface area (Å²) in [4.78, 5) is 0. The Kier molecular flexibility index (Phi) is 3.15. The third-order valence-electron chi connectivity index (χ3n) is 4.79. The second-order valence-corrected chi connectivity index (χ2v) is 6.34. The Morgan fingerprint density at radius 1 is 1.04 bits per heavy atom. The first-order valence-electron chi connectivity index (χ1n) is 7.77. The van der Waals surface area contributed by atoms with Crippen LogP contribution >= 0.6 is 0 Å². The van der Waals surface area contributed by atoms with E-state index in [0.717, 1.165) is 11.1 Å². The number of nitrogens with zero attached hydrogens (tertiary/aromatic N) is 2. The van der Waals surface area contributed by atoms with Gasteiger partial charge in [0.25, 0.3) is 0 Å². The highest BCUT2D eigenvalue weighted by Gasteiger charge is 2.61. The second-order valence-electron chi connectivity index (χ2n) is 6.34. The Labute approximate surface area is 142 Å². The minimum absolute atomic E-state index is 0.131. The van der Waals surface area contributed by atoms with E-state index in [1.807, 2.05) is 6.92 Å². The number of hydrogen-bond donors (Lipinski definition) is 1. The van der Waals surface area contributed by atoms with Crippen LogP contribution in [0.1, 0.15) is 16.7 Å². The molecule has 1 unspecified atom stereocenters. The van der Waals surface area contributed by atoms with Gasteiger partial charge in [-0.3, -0.25) is 4.68 Å². The highest BCUT2D eigenvalue weighted by molar-refractivity contribution is 5.93. The molecule has 6 heteroatoms. The van der Waals surface area contributed by atoms with Crippen molar-refractivity contribution in [3.05, 3.63) is 65.5 Å². The highest BCUT2D eigenvalue weighted by Crippen LogP contribution is 2.57. The maximum Gasteiger partial charge on any atom is 0.425 e. The lowest BCUT2D eigenvalue weighted by Gasteiger charge is -2.28. The van der Waals surface area contributed by atoms with E-state index in [2.05, 4.69) is 5.10 Å². The lowest BCUT2D eigenvalue weighted by molar-refractivity contribution is -0.246. The van der Waals surface area contributed by atoms with Crippen molar-refractivity contribution >= 4 is 0 Å². The summed E-state index contributed by atoms with van der Waals surface area (Å²) in [6.45, 7) is 1.84. The fraction of sp³-hybridized carbons (Fsp3) is 0.211. The summed E-state index contributed by atoms with van der Waals surface area (Å²) in [7, 11) is 1.75. The van der Waals surface area contributed by atoms with Crippen LogP contribution in [0.15, 0.2) is 48.8 Å². The Hall–Kier alpha value is -2.60. The molecule has 3 aromatic rings. The van der Waals surface area contributed by atoms with E-state index < -0.39 is 11.8 Å². The molecule has 2 aromatic carbocycles. The van der Waals surface area contributed by atoms with Gasteiger partial charge in [0, 0.05) is 29.9 Å². The normalized spacial score (nSPS) is 19.0. The van der Waals surface area contributed by atoms with Crippen molar-refractivity contribution in [1.29, 1.82) is 0 Å². The summed E-state index contributed by atoms with van der Waals surface area (Å²) < 4.78 is 43.2. The molecule has 1 aliphatic rings.